The molecule has 1 aliphatic carbocycles. The second-order valence-corrected chi connectivity index (χ2v) is 17.3. The molecule has 1 fully saturated rings. The number of carboxylic acids is 1. The first kappa shape index (κ1) is 44.7. The maximum absolute atomic E-state index is 12.1. The van der Waals surface area contributed by atoms with Gasteiger partial charge in [-0.25, -0.2) is 0 Å². The summed E-state index contributed by atoms with van der Waals surface area (Å²) in [6.45, 7) is 10.8. The van der Waals surface area contributed by atoms with Crippen LogP contribution in [-0.2, 0) is 24.6 Å². The van der Waals surface area contributed by atoms with Crippen molar-refractivity contribution >= 4 is 17.6 Å². The van der Waals surface area contributed by atoms with Gasteiger partial charge in [-0.05, 0) is 136 Å². The number of carbonyl (C=O) groups is 1. The van der Waals surface area contributed by atoms with Crippen LogP contribution in [0.1, 0.15) is 111 Å². The van der Waals surface area contributed by atoms with Crippen molar-refractivity contribution in [3.8, 4) is 34.4 Å². The third kappa shape index (κ3) is 12.1. The number of piperidine rings is 1. The number of ether oxygens (including phenoxy) is 3. The fourth-order valence-corrected chi connectivity index (χ4v) is 8.85. The topological polar surface area (TPSA) is 125 Å². The predicted octanol–water partition coefficient (Wildman–Crippen LogP) is 11.2. The van der Waals surface area contributed by atoms with Gasteiger partial charge in [-0.15, -0.1) is 0 Å². The van der Waals surface area contributed by atoms with E-state index < -0.39 is 12.0 Å². The molecule has 1 aromatic heterocycles. The van der Waals surface area contributed by atoms with Gasteiger partial charge in [-0.3, -0.25) is 14.7 Å². The number of hydrogen-bond donors (Lipinski definition) is 2. The number of likely N-dealkylation sites (tertiary alicyclic amines) is 1. The average molecular weight is 834 g/mol. The van der Waals surface area contributed by atoms with Crippen LogP contribution >= 0.6 is 11.6 Å². The summed E-state index contributed by atoms with van der Waals surface area (Å²) >= 11 is 6.90. The highest BCUT2D eigenvalue weighted by atomic mass is 35.5. The fourth-order valence-electron chi connectivity index (χ4n) is 8.61. The molecule has 3 aromatic carbocycles. The van der Waals surface area contributed by atoms with Crippen LogP contribution < -0.4 is 14.2 Å². The van der Waals surface area contributed by atoms with E-state index in [1.807, 2.05) is 23.1 Å². The fraction of sp³-hybridized carbons (Fsp3) is 0.460. The van der Waals surface area contributed by atoms with Crippen molar-refractivity contribution in [3.63, 3.8) is 0 Å². The molecule has 2 heterocycles. The van der Waals surface area contributed by atoms with Gasteiger partial charge in [0.25, 0.3) is 0 Å². The molecule has 0 amide bonds. The van der Waals surface area contributed by atoms with E-state index in [1.165, 1.54) is 11.8 Å². The van der Waals surface area contributed by atoms with Gasteiger partial charge in [-0.2, -0.15) is 5.26 Å². The number of rotatable bonds is 15. The molecule has 1 unspecified atom stereocenters. The molecular weight excluding hydrogens is 774 g/mol. The zero-order valence-electron chi connectivity index (χ0n) is 35.6. The minimum Gasteiger partial charge on any atom is -0.493 e. The maximum atomic E-state index is 12.1. The Morgan fingerprint density at radius 2 is 1.68 bits per heavy atom. The highest BCUT2D eigenvalue weighted by Gasteiger charge is 2.29. The van der Waals surface area contributed by atoms with Gasteiger partial charge in [0.1, 0.15) is 42.6 Å². The number of allylic oxidation sites excluding steroid dienone is 2. The normalized spacial score (nSPS) is 21.0. The Balaban J connectivity index is 1.15. The second-order valence-electron chi connectivity index (χ2n) is 16.9. The van der Waals surface area contributed by atoms with Crippen molar-refractivity contribution < 1.29 is 29.2 Å². The van der Waals surface area contributed by atoms with Gasteiger partial charge in [0.2, 0.25) is 0 Å². The number of hydrogen-bond acceptors (Lipinski definition) is 8. The minimum atomic E-state index is -0.831. The molecule has 10 heteroatoms. The third-order valence-corrected chi connectivity index (χ3v) is 12.4. The van der Waals surface area contributed by atoms with Crippen LogP contribution in [0.5, 0.6) is 17.2 Å². The molecular formula is C50H60ClN3O6. The van der Waals surface area contributed by atoms with Gasteiger partial charge >= 0.3 is 5.97 Å². The van der Waals surface area contributed by atoms with E-state index in [1.54, 1.807) is 18.3 Å². The molecule has 9 nitrogen and oxygen atoms in total. The standard InChI is InChI=1S/C50H60ClN3O6/c1-33-17-19-42(55)23-34(2)16-18-37(22-33)10-9-21-58-47-15-8-13-44(36(47)4)43-12-7-11-40(35(43)3)32-60-49-26-48(59-31-39-24-38(27-52)28-53-29-39)41(25-45(49)51)30-54-20-6-5-14-46(54)50(56)57/h7-8,11-13,15,22,24-26,28-29,33-34,42,46,55H,5-6,9-10,14,16-21,23,30-32H2,1-4H3,(H,56,57)/b37-22-/t33-,34+,42?,46-/m0/s1. The van der Waals surface area contributed by atoms with Crippen LogP contribution in [0, 0.1) is 37.0 Å². The first-order chi connectivity index (χ1) is 29.0. The zero-order valence-corrected chi connectivity index (χ0v) is 36.3. The highest BCUT2D eigenvalue weighted by Crippen LogP contribution is 2.38. The Bertz CT molecular complexity index is 2160. The lowest BCUT2D eigenvalue weighted by Gasteiger charge is -2.33. The smallest absolute Gasteiger partial charge is 0.320 e. The average Bonchev–Trinajstić information content (AvgIpc) is 3.23. The third-order valence-electron chi connectivity index (χ3n) is 12.1. The molecule has 1 aliphatic heterocycles. The Labute approximate surface area is 361 Å². The van der Waals surface area contributed by atoms with E-state index in [0.29, 0.717) is 60.0 Å². The second kappa shape index (κ2) is 21.6. The van der Waals surface area contributed by atoms with Crippen molar-refractivity contribution in [2.75, 3.05) is 13.2 Å². The molecule has 2 N–H and O–H groups in total. The lowest BCUT2D eigenvalue weighted by atomic mass is 9.87. The van der Waals surface area contributed by atoms with Crippen molar-refractivity contribution in [3.05, 3.63) is 117 Å². The lowest BCUT2D eigenvalue weighted by Crippen LogP contribution is -2.44. The first-order valence-electron chi connectivity index (χ1n) is 21.6. The van der Waals surface area contributed by atoms with E-state index in [-0.39, 0.29) is 19.3 Å². The van der Waals surface area contributed by atoms with Crippen LogP contribution in [0.3, 0.4) is 0 Å². The summed E-state index contributed by atoms with van der Waals surface area (Å²) in [7, 11) is 0. The lowest BCUT2D eigenvalue weighted by molar-refractivity contribution is -0.144. The number of nitriles is 1. The number of halogens is 1. The number of aliphatic carboxylic acids is 1. The number of aliphatic hydroxyl groups is 1. The van der Waals surface area contributed by atoms with Crippen molar-refractivity contribution in [1.82, 2.24) is 9.88 Å². The van der Waals surface area contributed by atoms with Crippen LogP contribution in [0.2, 0.25) is 5.02 Å². The molecule has 4 aromatic rings. The largest absolute Gasteiger partial charge is 0.493 e. The number of aromatic nitrogens is 1. The van der Waals surface area contributed by atoms with E-state index in [0.717, 1.165) is 102 Å². The number of benzene rings is 3. The first-order valence-corrected chi connectivity index (χ1v) is 21.9. The summed E-state index contributed by atoms with van der Waals surface area (Å²) in [5.41, 5.74) is 8.85. The molecule has 2 aliphatic rings. The Morgan fingerprint density at radius 1 is 0.900 bits per heavy atom. The summed E-state index contributed by atoms with van der Waals surface area (Å²) < 4.78 is 19.2. The van der Waals surface area contributed by atoms with Crippen molar-refractivity contribution in [2.24, 2.45) is 11.8 Å². The van der Waals surface area contributed by atoms with E-state index >= 15 is 0 Å². The summed E-state index contributed by atoms with van der Waals surface area (Å²) in [5, 5.41) is 30.1. The van der Waals surface area contributed by atoms with Crippen LogP contribution in [-0.4, -0.2) is 51.4 Å². The van der Waals surface area contributed by atoms with Crippen LogP contribution in [0.25, 0.3) is 11.1 Å². The highest BCUT2D eigenvalue weighted by molar-refractivity contribution is 6.32. The molecule has 0 saturated carbocycles. The van der Waals surface area contributed by atoms with E-state index in [4.69, 9.17) is 25.8 Å². The van der Waals surface area contributed by atoms with E-state index in [9.17, 15) is 20.3 Å². The molecule has 0 spiro atoms. The quantitative estimate of drug-likeness (QED) is 0.0889. The van der Waals surface area contributed by atoms with Gasteiger partial charge in [-0.1, -0.05) is 73.9 Å². The van der Waals surface area contributed by atoms with Crippen molar-refractivity contribution in [1.29, 1.82) is 5.26 Å². The predicted molar refractivity (Wildman–Crippen MR) is 236 cm³/mol. The van der Waals surface area contributed by atoms with Crippen LogP contribution in [0.4, 0.5) is 0 Å². The Kier molecular flexibility index (Phi) is 16.1. The Morgan fingerprint density at radius 3 is 2.48 bits per heavy atom. The number of pyridine rings is 1. The van der Waals surface area contributed by atoms with Crippen LogP contribution in [0.15, 0.2) is 78.6 Å². The number of aliphatic hydroxyl groups excluding tert-OH is 1. The Hall–Kier alpha value is -4.88. The maximum Gasteiger partial charge on any atom is 0.320 e. The summed E-state index contributed by atoms with van der Waals surface area (Å²) in [5.74, 6) is 2.04. The van der Waals surface area contributed by atoms with Gasteiger partial charge in [0.05, 0.1) is 23.3 Å². The SMILES string of the molecule is Cc1c(COc2cc(OCc3cncc(C#N)c3)c(CN3CCCC[C@H]3C(=O)O)cc2Cl)cccc1-c1cccc(OCCC/C2=C/[C@@H](C)CCC(O)C[C@H](C)CC2)c1C. The summed E-state index contributed by atoms with van der Waals surface area (Å²) in [4.78, 5) is 18.3. The molecule has 6 rings (SSSR count). The number of carboxylic acid groups (broad SMARTS) is 1. The van der Waals surface area contributed by atoms with E-state index in [2.05, 4.69) is 69.1 Å². The zero-order chi connectivity index (χ0) is 42.6. The van der Waals surface area contributed by atoms with Crippen molar-refractivity contribution in [2.45, 2.75) is 124 Å². The monoisotopic (exact) mass is 833 g/mol. The summed E-state index contributed by atoms with van der Waals surface area (Å²) in [6.07, 6.45) is 14.8. The number of nitrogens with zero attached hydrogens (tertiary/aromatic N) is 3. The molecule has 318 valence electrons. The molecule has 4 atom stereocenters. The molecule has 0 radical (unpaired) electrons. The minimum absolute atomic E-state index is 0.158. The van der Waals surface area contributed by atoms with Gasteiger partial charge in [0.15, 0.2) is 0 Å². The summed E-state index contributed by atoms with van der Waals surface area (Å²) in [6, 6.07) is 19.3. The van der Waals surface area contributed by atoms with Gasteiger partial charge < -0.3 is 24.4 Å². The molecule has 60 heavy (non-hydrogen) atoms. The molecule has 0 bridgehead atoms. The van der Waals surface area contributed by atoms with Gasteiger partial charge in [0, 0.05) is 36.1 Å². The molecule has 1 saturated heterocycles.